The molecule has 7 nitrogen and oxygen atoms in total. The van der Waals surface area contributed by atoms with Gasteiger partial charge in [0.2, 0.25) is 17.7 Å². The second-order valence-corrected chi connectivity index (χ2v) is 20.7. The molecule has 5 rings (SSSR count). The van der Waals surface area contributed by atoms with Crippen LogP contribution in [-0.4, -0.2) is 51.3 Å². The molecule has 2 aliphatic heterocycles. The zero-order valence-corrected chi connectivity index (χ0v) is 32.8. The molecule has 1 fully saturated rings. The number of nitrogens with one attached hydrogen (secondary N) is 3. The Hall–Kier alpha value is -4.01. The Morgan fingerprint density at radius 2 is 1.44 bits per heavy atom. The van der Waals surface area contributed by atoms with Gasteiger partial charge in [-0.25, -0.2) is 0 Å². The number of allylic oxidation sites excluding steroid dienone is 2. The van der Waals surface area contributed by atoms with Crippen molar-refractivity contribution < 1.29 is 18.8 Å². The van der Waals surface area contributed by atoms with Crippen molar-refractivity contribution >= 4 is 36.4 Å². The Balaban J connectivity index is 1.52. The quantitative estimate of drug-likeness (QED) is 0.175. The first-order chi connectivity index (χ1) is 24.9. The topological polar surface area (TPSA) is 96.5 Å². The normalized spacial score (nSPS) is 23.8. The Labute approximate surface area is 312 Å². The van der Waals surface area contributed by atoms with Gasteiger partial charge in [0.1, 0.15) is 6.04 Å². The molecule has 3 aromatic carbocycles. The monoisotopic (exact) mass is 721 g/mol. The minimum absolute atomic E-state index is 0.0288. The maximum atomic E-state index is 14.5. The van der Waals surface area contributed by atoms with Crippen molar-refractivity contribution in [2.24, 2.45) is 17.3 Å². The van der Waals surface area contributed by atoms with Gasteiger partial charge in [0, 0.05) is 12.5 Å². The third-order valence-corrected chi connectivity index (χ3v) is 15.9. The first-order valence-corrected chi connectivity index (χ1v) is 21.2. The fourth-order valence-electron chi connectivity index (χ4n) is 8.23. The number of hydrogen-bond donors (Lipinski definition) is 3. The van der Waals surface area contributed by atoms with E-state index in [1.165, 1.54) is 0 Å². The number of amides is 3. The van der Waals surface area contributed by atoms with Crippen LogP contribution >= 0.6 is 0 Å². The first-order valence-electron chi connectivity index (χ1n) is 19.3. The highest BCUT2D eigenvalue weighted by Crippen LogP contribution is 2.39. The van der Waals surface area contributed by atoms with Gasteiger partial charge in [0.05, 0.1) is 18.1 Å². The van der Waals surface area contributed by atoms with Crippen molar-refractivity contribution in [1.29, 1.82) is 0 Å². The predicted molar refractivity (Wildman–Crippen MR) is 213 cm³/mol. The summed E-state index contributed by atoms with van der Waals surface area (Å²) in [6.45, 7) is 11.7. The van der Waals surface area contributed by atoms with Crippen molar-refractivity contribution in [3.8, 4) is 0 Å². The van der Waals surface area contributed by atoms with Gasteiger partial charge in [0.25, 0.3) is 8.32 Å². The van der Waals surface area contributed by atoms with Gasteiger partial charge >= 0.3 is 0 Å². The van der Waals surface area contributed by atoms with Crippen molar-refractivity contribution in [3.05, 3.63) is 109 Å². The Kier molecular flexibility index (Phi) is 13.3. The van der Waals surface area contributed by atoms with Gasteiger partial charge in [-0.05, 0) is 78.3 Å². The Morgan fingerprint density at radius 1 is 0.827 bits per heavy atom. The minimum Gasteiger partial charge on any atom is -0.405 e. The van der Waals surface area contributed by atoms with Crippen LogP contribution in [0.2, 0.25) is 5.04 Å². The molecule has 0 saturated carbocycles. The van der Waals surface area contributed by atoms with Gasteiger partial charge in [-0.2, -0.15) is 0 Å². The van der Waals surface area contributed by atoms with Gasteiger partial charge < -0.3 is 20.4 Å². The SMILES string of the molecule is CC(C)C[C@@H]1NC(=O)C(Cc2ccccc2)CCCC=CCC2(CCNC2=O)C[C@@H](CO[Si](c2ccccc2)(c2ccccc2)C(C)(C)C)NC1=O. The lowest BCUT2D eigenvalue weighted by Gasteiger charge is -2.44. The van der Waals surface area contributed by atoms with Crippen LogP contribution < -0.4 is 26.3 Å². The summed E-state index contributed by atoms with van der Waals surface area (Å²) in [7, 11) is -2.95. The summed E-state index contributed by atoms with van der Waals surface area (Å²) in [6.07, 6.45) is 9.51. The van der Waals surface area contributed by atoms with E-state index in [0.29, 0.717) is 45.1 Å². The van der Waals surface area contributed by atoms with Gasteiger partial charge in [-0.3, -0.25) is 14.4 Å². The molecular weight excluding hydrogens is 663 g/mol. The zero-order chi connectivity index (χ0) is 37.2. The van der Waals surface area contributed by atoms with E-state index in [2.05, 4.69) is 123 Å². The molecule has 2 unspecified atom stereocenters. The summed E-state index contributed by atoms with van der Waals surface area (Å²) in [5, 5.41) is 11.7. The summed E-state index contributed by atoms with van der Waals surface area (Å²) in [6, 6.07) is 29.9. The van der Waals surface area contributed by atoms with E-state index in [1.807, 2.05) is 30.3 Å². The molecule has 0 aliphatic carbocycles. The minimum atomic E-state index is -2.95. The van der Waals surface area contributed by atoms with Crippen molar-refractivity contribution in [1.82, 2.24) is 16.0 Å². The highest BCUT2D eigenvalue weighted by molar-refractivity contribution is 6.99. The molecule has 2 aliphatic rings. The maximum absolute atomic E-state index is 14.5. The molecule has 52 heavy (non-hydrogen) atoms. The van der Waals surface area contributed by atoms with E-state index in [1.54, 1.807) is 0 Å². The molecule has 8 heteroatoms. The smallest absolute Gasteiger partial charge is 0.261 e. The largest absolute Gasteiger partial charge is 0.405 e. The highest BCUT2D eigenvalue weighted by Gasteiger charge is 2.51. The fraction of sp³-hybridized carbons (Fsp3) is 0.477. The number of rotatable bonds is 9. The summed E-state index contributed by atoms with van der Waals surface area (Å²) in [5.74, 6) is -0.370. The van der Waals surface area contributed by atoms with Crippen LogP contribution in [0.4, 0.5) is 0 Å². The van der Waals surface area contributed by atoms with Crippen LogP contribution in [0.25, 0.3) is 0 Å². The summed E-state index contributed by atoms with van der Waals surface area (Å²) >= 11 is 0. The van der Waals surface area contributed by atoms with E-state index in [9.17, 15) is 14.4 Å². The van der Waals surface area contributed by atoms with E-state index in [0.717, 1.165) is 28.8 Å². The maximum Gasteiger partial charge on any atom is 0.261 e. The number of hydrogen-bond acceptors (Lipinski definition) is 4. The molecule has 0 aromatic heterocycles. The average Bonchev–Trinajstić information content (AvgIpc) is 3.48. The van der Waals surface area contributed by atoms with Gasteiger partial charge in [0.15, 0.2) is 0 Å². The molecule has 278 valence electrons. The van der Waals surface area contributed by atoms with Crippen LogP contribution in [-0.2, 0) is 25.2 Å². The zero-order valence-electron chi connectivity index (χ0n) is 31.8. The lowest BCUT2D eigenvalue weighted by molar-refractivity contribution is -0.132. The lowest BCUT2D eigenvalue weighted by atomic mass is 9.77. The fourth-order valence-corrected chi connectivity index (χ4v) is 12.8. The van der Waals surface area contributed by atoms with Crippen LogP contribution in [0.1, 0.15) is 85.1 Å². The standard InChI is InChI=1S/C44H59N3O4Si/c1-33(2)29-39-41(49)46-36(32-51-52(43(3,4)5,37-22-14-9-15-23-37)38-24-16-10-17-25-38)31-44(27-28-45-42(44)50)26-18-7-6-13-21-35(40(48)47-39)30-34-19-11-8-12-20-34/h7-12,14-20,22-25,33,35-36,39H,6,13,21,26-32H2,1-5H3,(H,45,50)(H,46,49)(H,47,48)/t35?,36-,39-,44?/m0/s1. The predicted octanol–water partition coefficient (Wildman–Crippen LogP) is 6.46. The average molecular weight is 722 g/mol. The summed E-state index contributed by atoms with van der Waals surface area (Å²) < 4.78 is 7.39. The molecule has 4 atom stereocenters. The number of carbonyl (C=O) groups is 3. The molecule has 1 saturated heterocycles. The number of benzene rings is 3. The van der Waals surface area contributed by atoms with Gasteiger partial charge in [-0.1, -0.05) is 138 Å². The molecule has 0 radical (unpaired) electrons. The third-order valence-electron chi connectivity index (χ3n) is 10.9. The first kappa shape index (κ1) is 39.2. The Morgan fingerprint density at radius 3 is 2.00 bits per heavy atom. The second-order valence-electron chi connectivity index (χ2n) is 16.4. The molecule has 2 heterocycles. The van der Waals surface area contributed by atoms with Crippen molar-refractivity contribution in [2.45, 2.75) is 103 Å². The van der Waals surface area contributed by atoms with Crippen LogP contribution in [0, 0.1) is 17.3 Å². The third kappa shape index (κ3) is 9.50. The highest BCUT2D eigenvalue weighted by atomic mass is 28.4. The molecule has 0 bridgehead atoms. The summed E-state index contributed by atoms with van der Waals surface area (Å²) in [5.41, 5.74) is 0.437. The van der Waals surface area contributed by atoms with Crippen molar-refractivity contribution in [3.63, 3.8) is 0 Å². The second kappa shape index (κ2) is 17.7. The molecule has 3 aromatic rings. The van der Waals surface area contributed by atoms with E-state index >= 15 is 0 Å². The van der Waals surface area contributed by atoms with Crippen LogP contribution in [0.15, 0.2) is 103 Å². The molecule has 1 spiro atoms. The van der Waals surface area contributed by atoms with Crippen LogP contribution in [0.5, 0.6) is 0 Å². The van der Waals surface area contributed by atoms with E-state index in [-0.39, 0.29) is 41.2 Å². The van der Waals surface area contributed by atoms with Crippen LogP contribution in [0.3, 0.4) is 0 Å². The lowest BCUT2D eigenvalue weighted by Crippen LogP contribution is -2.67. The molecule has 3 amide bonds. The van der Waals surface area contributed by atoms with E-state index in [4.69, 9.17) is 4.43 Å². The molecule has 3 N–H and O–H groups in total. The Bertz CT molecular complexity index is 1600. The van der Waals surface area contributed by atoms with E-state index < -0.39 is 25.8 Å². The van der Waals surface area contributed by atoms with Gasteiger partial charge in [-0.15, -0.1) is 0 Å². The van der Waals surface area contributed by atoms with Crippen molar-refractivity contribution in [2.75, 3.05) is 13.2 Å². The molecular formula is C44H59N3O4Si. The summed E-state index contributed by atoms with van der Waals surface area (Å²) in [4.78, 5) is 42.2. The number of carbonyl (C=O) groups excluding carboxylic acids is 3.